The lowest BCUT2D eigenvalue weighted by Crippen LogP contribution is -2.35. The zero-order valence-electron chi connectivity index (χ0n) is 11.8. The average Bonchev–Trinajstić information content (AvgIpc) is 2.53. The van der Waals surface area contributed by atoms with Crippen molar-refractivity contribution in [1.29, 1.82) is 0 Å². The van der Waals surface area contributed by atoms with E-state index in [0.29, 0.717) is 12.1 Å². The summed E-state index contributed by atoms with van der Waals surface area (Å²) in [5.41, 5.74) is 8.73. The number of amides is 1. The first-order valence-corrected chi connectivity index (χ1v) is 8.09. The molecule has 2 aromatic carbocycles. The van der Waals surface area contributed by atoms with Crippen molar-refractivity contribution in [3.05, 3.63) is 54.1 Å². The smallest absolute Gasteiger partial charge is 0.227 e. The van der Waals surface area contributed by atoms with Crippen LogP contribution in [0.25, 0.3) is 0 Å². The van der Waals surface area contributed by atoms with Crippen LogP contribution >= 0.6 is 11.8 Å². The maximum atomic E-state index is 12.5. The summed E-state index contributed by atoms with van der Waals surface area (Å²) in [4.78, 5) is 15.5. The Hall–Kier alpha value is -1.94. The molecule has 4 heteroatoms. The topological polar surface area (TPSA) is 46.3 Å². The number of carbonyl (C=O) groups excluding carboxylic acids is 1. The normalized spacial score (nSPS) is 13.8. The highest BCUT2D eigenvalue weighted by atomic mass is 32.2. The summed E-state index contributed by atoms with van der Waals surface area (Å²) >= 11 is 1.78. The molecule has 108 valence electrons. The van der Waals surface area contributed by atoms with E-state index in [4.69, 9.17) is 5.73 Å². The van der Waals surface area contributed by atoms with E-state index in [-0.39, 0.29) is 5.91 Å². The molecule has 0 aliphatic carbocycles. The molecule has 3 rings (SSSR count). The largest absolute Gasteiger partial charge is 0.399 e. The predicted octanol–water partition coefficient (Wildman–Crippen LogP) is 3.34. The van der Waals surface area contributed by atoms with Gasteiger partial charge in [0.1, 0.15) is 0 Å². The number of nitrogens with zero attached hydrogens (tertiary/aromatic N) is 1. The number of thioether (sulfide) groups is 1. The Labute approximate surface area is 129 Å². The third-order valence-electron chi connectivity index (χ3n) is 3.62. The highest BCUT2D eigenvalue weighted by Gasteiger charge is 2.22. The summed E-state index contributed by atoms with van der Waals surface area (Å²) in [5.74, 6) is 1.11. The van der Waals surface area contributed by atoms with Crippen molar-refractivity contribution in [2.75, 3.05) is 22.9 Å². The standard InChI is InChI=1S/C17H18N2OS/c18-14-7-8-16-15(12-14)19(10-11-21-16)17(20)9-6-13-4-2-1-3-5-13/h1-5,7-8,12H,6,9-11,18H2. The summed E-state index contributed by atoms with van der Waals surface area (Å²) in [7, 11) is 0. The molecule has 0 saturated carbocycles. The maximum Gasteiger partial charge on any atom is 0.227 e. The van der Waals surface area contributed by atoms with E-state index in [2.05, 4.69) is 12.1 Å². The number of fused-ring (bicyclic) bond motifs is 1. The Morgan fingerprint density at radius 3 is 2.81 bits per heavy atom. The van der Waals surface area contributed by atoms with Crippen molar-refractivity contribution in [1.82, 2.24) is 0 Å². The number of benzene rings is 2. The molecule has 3 nitrogen and oxygen atoms in total. The van der Waals surface area contributed by atoms with E-state index in [0.717, 1.165) is 29.3 Å². The Morgan fingerprint density at radius 1 is 1.19 bits per heavy atom. The molecular formula is C17H18N2OS. The minimum Gasteiger partial charge on any atom is -0.399 e. The Bertz CT molecular complexity index is 642. The number of nitrogens with two attached hydrogens (primary N) is 1. The summed E-state index contributed by atoms with van der Waals surface area (Å²) < 4.78 is 0. The van der Waals surface area contributed by atoms with Gasteiger partial charge in [0, 0.05) is 29.3 Å². The molecule has 0 aromatic heterocycles. The van der Waals surface area contributed by atoms with Crippen LogP contribution in [-0.2, 0) is 11.2 Å². The summed E-state index contributed by atoms with van der Waals surface area (Å²) in [6.45, 7) is 0.759. The number of aryl methyl sites for hydroxylation is 1. The van der Waals surface area contributed by atoms with Gasteiger partial charge in [-0.05, 0) is 30.2 Å². The minimum atomic E-state index is 0.172. The van der Waals surface area contributed by atoms with Gasteiger partial charge in [0.05, 0.1) is 5.69 Å². The molecule has 0 atom stereocenters. The minimum absolute atomic E-state index is 0.172. The third kappa shape index (κ3) is 3.22. The van der Waals surface area contributed by atoms with Crippen LogP contribution in [0.4, 0.5) is 11.4 Å². The first kappa shape index (κ1) is 14.0. The number of rotatable bonds is 3. The van der Waals surface area contributed by atoms with Crippen LogP contribution in [-0.4, -0.2) is 18.2 Å². The molecule has 2 aromatic rings. The van der Waals surface area contributed by atoms with Crippen molar-refractivity contribution in [2.24, 2.45) is 0 Å². The molecule has 1 amide bonds. The molecule has 1 aliphatic heterocycles. The Kier molecular flexibility index (Phi) is 4.15. The second kappa shape index (κ2) is 6.22. The molecule has 1 heterocycles. The molecule has 0 radical (unpaired) electrons. The van der Waals surface area contributed by atoms with Gasteiger partial charge in [-0.3, -0.25) is 4.79 Å². The highest BCUT2D eigenvalue weighted by molar-refractivity contribution is 7.99. The fraction of sp³-hybridized carbons (Fsp3) is 0.235. The van der Waals surface area contributed by atoms with Gasteiger partial charge in [0.25, 0.3) is 0 Å². The highest BCUT2D eigenvalue weighted by Crippen LogP contribution is 2.36. The second-order valence-electron chi connectivity index (χ2n) is 5.11. The van der Waals surface area contributed by atoms with Crippen LogP contribution in [0.1, 0.15) is 12.0 Å². The van der Waals surface area contributed by atoms with Gasteiger partial charge in [-0.15, -0.1) is 11.8 Å². The van der Waals surface area contributed by atoms with Crippen molar-refractivity contribution in [3.63, 3.8) is 0 Å². The lowest BCUT2D eigenvalue weighted by molar-refractivity contribution is -0.118. The molecule has 0 bridgehead atoms. The molecule has 0 spiro atoms. The lowest BCUT2D eigenvalue weighted by Gasteiger charge is -2.29. The summed E-state index contributed by atoms with van der Waals surface area (Å²) in [6.07, 6.45) is 1.31. The Morgan fingerprint density at radius 2 is 2.00 bits per heavy atom. The number of anilines is 2. The zero-order chi connectivity index (χ0) is 14.7. The van der Waals surface area contributed by atoms with E-state index in [1.165, 1.54) is 5.56 Å². The molecular weight excluding hydrogens is 280 g/mol. The van der Waals surface area contributed by atoms with Crippen LogP contribution in [0.15, 0.2) is 53.4 Å². The number of carbonyl (C=O) groups is 1. The van der Waals surface area contributed by atoms with E-state index >= 15 is 0 Å². The van der Waals surface area contributed by atoms with Gasteiger partial charge >= 0.3 is 0 Å². The molecule has 0 unspecified atom stereocenters. The SMILES string of the molecule is Nc1ccc2c(c1)N(C(=O)CCc1ccccc1)CCS2. The van der Waals surface area contributed by atoms with E-state index in [9.17, 15) is 4.79 Å². The van der Waals surface area contributed by atoms with Gasteiger partial charge in [0.2, 0.25) is 5.91 Å². The van der Waals surface area contributed by atoms with Crippen LogP contribution in [0.3, 0.4) is 0 Å². The van der Waals surface area contributed by atoms with Gasteiger partial charge in [0.15, 0.2) is 0 Å². The number of hydrogen-bond acceptors (Lipinski definition) is 3. The first-order chi connectivity index (χ1) is 10.2. The monoisotopic (exact) mass is 298 g/mol. The Balaban J connectivity index is 1.73. The van der Waals surface area contributed by atoms with Crippen molar-refractivity contribution in [2.45, 2.75) is 17.7 Å². The van der Waals surface area contributed by atoms with Crippen LogP contribution in [0.5, 0.6) is 0 Å². The van der Waals surface area contributed by atoms with Gasteiger partial charge in [-0.2, -0.15) is 0 Å². The molecule has 2 N–H and O–H groups in total. The fourth-order valence-corrected chi connectivity index (χ4v) is 3.50. The van der Waals surface area contributed by atoms with E-state index in [1.54, 1.807) is 11.8 Å². The van der Waals surface area contributed by atoms with Crippen molar-refractivity contribution < 1.29 is 4.79 Å². The summed E-state index contributed by atoms with van der Waals surface area (Å²) in [5, 5.41) is 0. The molecule has 21 heavy (non-hydrogen) atoms. The molecule has 0 fully saturated rings. The molecule has 1 aliphatic rings. The lowest BCUT2D eigenvalue weighted by atomic mass is 10.1. The zero-order valence-corrected chi connectivity index (χ0v) is 12.6. The predicted molar refractivity (Wildman–Crippen MR) is 88.7 cm³/mol. The van der Waals surface area contributed by atoms with Gasteiger partial charge in [-0.1, -0.05) is 30.3 Å². The average molecular weight is 298 g/mol. The van der Waals surface area contributed by atoms with Crippen LogP contribution < -0.4 is 10.6 Å². The number of nitrogen functional groups attached to an aromatic ring is 1. The summed E-state index contributed by atoms with van der Waals surface area (Å²) in [6, 6.07) is 15.9. The quantitative estimate of drug-likeness (QED) is 0.884. The van der Waals surface area contributed by atoms with E-state index < -0.39 is 0 Å². The second-order valence-corrected chi connectivity index (χ2v) is 6.24. The maximum absolute atomic E-state index is 12.5. The fourth-order valence-electron chi connectivity index (χ4n) is 2.52. The molecule has 0 saturated heterocycles. The van der Waals surface area contributed by atoms with Crippen LogP contribution in [0, 0.1) is 0 Å². The van der Waals surface area contributed by atoms with E-state index in [1.807, 2.05) is 41.3 Å². The van der Waals surface area contributed by atoms with Crippen molar-refractivity contribution >= 4 is 29.0 Å². The number of hydrogen-bond donors (Lipinski definition) is 1. The van der Waals surface area contributed by atoms with Gasteiger partial charge in [-0.25, -0.2) is 0 Å². The third-order valence-corrected chi connectivity index (χ3v) is 4.66. The van der Waals surface area contributed by atoms with Crippen LogP contribution in [0.2, 0.25) is 0 Å². The van der Waals surface area contributed by atoms with Crippen molar-refractivity contribution in [3.8, 4) is 0 Å². The first-order valence-electron chi connectivity index (χ1n) is 7.10. The van der Waals surface area contributed by atoms with Gasteiger partial charge < -0.3 is 10.6 Å².